The van der Waals surface area contributed by atoms with Crippen LogP contribution in [0.25, 0.3) is 11.1 Å². The fourth-order valence-electron chi connectivity index (χ4n) is 5.25. The lowest BCUT2D eigenvalue weighted by molar-refractivity contribution is -0.141. The molecule has 1 aliphatic rings. The summed E-state index contributed by atoms with van der Waals surface area (Å²) in [6.45, 7) is 1.04. The zero-order valence-electron chi connectivity index (χ0n) is 23.8. The highest BCUT2D eigenvalue weighted by molar-refractivity contribution is 6.02. The summed E-state index contributed by atoms with van der Waals surface area (Å²) in [6.07, 6.45) is 7.08. The third kappa shape index (κ3) is 6.70. The minimum Gasteiger partial charge on any atom is -0.492 e. The van der Waals surface area contributed by atoms with Crippen LogP contribution in [0.2, 0.25) is 0 Å². The first-order valence-corrected chi connectivity index (χ1v) is 14.1. The van der Waals surface area contributed by atoms with Crippen molar-refractivity contribution in [3.05, 3.63) is 65.9 Å². The summed E-state index contributed by atoms with van der Waals surface area (Å²) in [5.74, 6) is 0.942. The lowest BCUT2D eigenvalue weighted by Crippen LogP contribution is -2.34. The summed E-state index contributed by atoms with van der Waals surface area (Å²) in [4.78, 5) is 32.4. The van der Waals surface area contributed by atoms with E-state index in [1.807, 2.05) is 60.5 Å². The van der Waals surface area contributed by atoms with Crippen LogP contribution >= 0.6 is 0 Å². The number of ether oxygens (including phenoxy) is 2. The fraction of sp³-hybridized carbons (Fsp3) is 0.419. The van der Waals surface area contributed by atoms with Gasteiger partial charge < -0.3 is 24.1 Å². The highest BCUT2D eigenvalue weighted by Crippen LogP contribution is 2.30. The van der Waals surface area contributed by atoms with Gasteiger partial charge in [0.05, 0.1) is 25.4 Å². The van der Waals surface area contributed by atoms with Crippen LogP contribution in [0.15, 0.2) is 59.1 Å². The summed E-state index contributed by atoms with van der Waals surface area (Å²) >= 11 is 0. The van der Waals surface area contributed by atoms with Crippen molar-refractivity contribution >= 4 is 34.7 Å². The topological polar surface area (TPSA) is 112 Å². The van der Waals surface area contributed by atoms with Crippen molar-refractivity contribution in [1.29, 1.82) is 0 Å². The number of hydrogen-bond acceptors (Lipinski definition) is 9. The van der Waals surface area contributed by atoms with Crippen molar-refractivity contribution in [3.8, 4) is 5.75 Å². The molecule has 0 saturated heterocycles. The van der Waals surface area contributed by atoms with Gasteiger partial charge in [0.15, 0.2) is 11.4 Å². The molecule has 1 N–H and O–H groups in total. The van der Waals surface area contributed by atoms with Crippen LogP contribution in [0.5, 0.6) is 5.75 Å². The van der Waals surface area contributed by atoms with Crippen molar-refractivity contribution in [3.63, 3.8) is 0 Å². The highest BCUT2D eigenvalue weighted by Gasteiger charge is 2.29. The van der Waals surface area contributed by atoms with Gasteiger partial charge in [-0.05, 0) is 42.7 Å². The molecule has 0 amide bonds. The van der Waals surface area contributed by atoms with Crippen LogP contribution in [0, 0.1) is 5.92 Å². The molecule has 2 aromatic heterocycles. The van der Waals surface area contributed by atoms with Gasteiger partial charge in [0.2, 0.25) is 0 Å². The molecule has 216 valence electrons. The standard InChI is InChI=1S/C31H37N5O5/c1-35(31-34-25-11-7-8-12-27(25)41-31)17-18-40-23-15-13-21(14-16-23)19-26(30(38)39-3)33-29-24(20-32-36(29)2)28(37)22-9-5-4-6-10-22/h7-8,11-16,20,22,26,33H,4-6,9-10,17-19H2,1-3H3. The van der Waals surface area contributed by atoms with Gasteiger partial charge in [0, 0.05) is 26.4 Å². The number of Topliss-reactive ketones (excluding diaryl/α,β-unsaturated/α-hetero) is 1. The molecule has 0 spiro atoms. The summed E-state index contributed by atoms with van der Waals surface area (Å²) in [6, 6.07) is 15.1. The number of fused-ring (bicyclic) bond motifs is 1. The molecule has 0 radical (unpaired) electrons. The second-order valence-corrected chi connectivity index (χ2v) is 10.5. The number of nitrogens with zero attached hydrogens (tertiary/aromatic N) is 4. The van der Waals surface area contributed by atoms with Crippen molar-refractivity contribution in [2.24, 2.45) is 13.0 Å². The Labute approximate surface area is 239 Å². The van der Waals surface area contributed by atoms with Gasteiger partial charge in [-0.3, -0.25) is 9.48 Å². The number of anilines is 2. The van der Waals surface area contributed by atoms with Crippen LogP contribution in [-0.2, 0) is 23.0 Å². The number of benzene rings is 2. The monoisotopic (exact) mass is 559 g/mol. The average Bonchev–Trinajstić information content (AvgIpc) is 3.61. The average molecular weight is 560 g/mol. The smallest absolute Gasteiger partial charge is 0.328 e. The normalized spacial score (nSPS) is 14.5. The minimum atomic E-state index is -0.690. The molecule has 4 aromatic rings. The third-order valence-electron chi connectivity index (χ3n) is 7.64. The maximum absolute atomic E-state index is 13.3. The molecule has 0 aliphatic heterocycles. The van der Waals surface area contributed by atoms with Gasteiger partial charge in [0.25, 0.3) is 6.01 Å². The number of aryl methyl sites for hydroxylation is 1. The van der Waals surface area contributed by atoms with Gasteiger partial charge in [-0.25, -0.2) is 4.79 Å². The van der Waals surface area contributed by atoms with E-state index in [0.717, 1.165) is 42.3 Å². The summed E-state index contributed by atoms with van der Waals surface area (Å²) < 4.78 is 18.4. The zero-order chi connectivity index (χ0) is 28.8. The van der Waals surface area contributed by atoms with Crippen molar-refractivity contribution in [1.82, 2.24) is 14.8 Å². The molecule has 1 unspecified atom stereocenters. The molecule has 1 fully saturated rings. The number of esters is 1. The first-order chi connectivity index (χ1) is 19.9. The molecule has 0 bridgehead atoms. The van der Waals surface area contributed by atoms with Crippen LogP contribution in [-0.4, -0.2) is 59.9 Å². The number of rotatable bonds is 12. The SMILES string of the molecule is COC(=O)C(Cc1ccc(OCCN(C)c2nc3ccccc3o2)cc1)Nc1c(C(=O)C2CCCCC2)cnn1C. The van der Waals surface area contributed by atoms with E-state index in [-0.39, 0.29) is 11.7 Å². The van der Waals surface area contributed by atoms with Crippen LogP contribution < -0.4 is 15.0 Å². The van der Waals surface area contributed by atoms with E-state index in [2.05, 4.69) is 15.4 Å². The Morgan fingerprint density at radius 1 is 1.12 bits per heavy atom. The van der Waals surface area contributed by atoms with E-state index in [1.54, 1.807) is 17.9 Å². The van der Waals surface area contributed by atoms with Crippen LogP contribution in [0.4, 0.5) is 11.8 Å². The summed E-state index contributed by atoms with van der Waals surface area (Å²) in [5.41, 5.74) is 3.02. The molecule has 41 heavy (non-hydrogen) atoms. The number of oxazole rings is 1. The van der Waals surface area contributed by atoms with Gasteiger partial charge in [-0.15, -0.1) is 0 Å². The predicted octanol–water partition coefficient (Wildman–Crippen LogP) is 5.04. The molecule has 1 aliphatic carbocycles. The molecule has 10 nitrogen and oxygen atoms in total. The lowest BCUT2D eigenvalue weighted by atomic mass is 9.84. The molecule has 10 heteroatoms. The quantitative estimate of drug-likeness (QED) is 0.189. The fourth-order valence-corrected chi connectivity index (χ4v) is 5.25. The number of nitrogens with one attached hydrogen (secondary N) is 1. The first kappa shape index (κ1) is 28.2. The number of carbonyl (C=O) groups is 2. The lowest BCUT2D eigenvalue weighted by Gasteiger charge is -2.22. The number of aromatic nitrogens is 3. The Balaban J connectivity index is 1.19. The van der Waals surface area contributed by atoms with Gasteiger partial charge >= 0.3 is 5.97 Å². The third-order valence-corrected chi connectivity index (χ3v) is 7.64. The number of methoxy groups -OCH3 is 1. The highest BCUT2D eigenvalue weighted by atomic mass is 16.5. The largest absolute Gasteiger partial charge is 0.492 e. The Hall–Kier alpha value is -4.34. The van der Waals surface area contributed by atoms with Crippen molar-refractivity contribution in [2.45, 2.75) is 44.6 Å². The Morgan fingerprint density at radius 3 is 2.61 bits per heavy atom. The summed E-state index contributed by atoms with van der Waals surface area (Å²) in [7, 11) is 5.04. The van der Waals surface area contributed by atoms with E-state index in [9.17, 15) is 9.59 Å². The van der Waals surface area contributed by atoms with Crippen LogP contribution in [0.1, 0.15) is 48.0 Å². The molecule has 5 rings (SSSR count). The number of hydrogen-bond donors (Lipinski definition) is 1. The Morgan fingerprint density at radius 2 is 1.88 bits per heavy atom. The number of para-hydroxylation sites is 2. The zero-order valence-corrected chi connectivity index (χ0v) is 23.8. The second-order valence-electron chi connectivity index (χ2n) is 10.5. The number of likely N-dealkylation sites (N-methyl/N-ethyl adjacent to an activating group) is 1. The summed E-state index contributed by atoms with van der Waals surface area (Å²) in [5, 5.41) is 7.57. The number of carbonyl (C=O) groups excluding carboxylic acids is 2. The predicted molar refractivity (Wildman–Crippen MR) is 156 cm³/mol. The van der Waals surface area contributed by atoms with E-state index in [4.69, 9.17) is 13.9 Å². The molecular weight excluding hydrogens is 522 g/mol. The maximum atomic E-state index is 13.3. The molecular formula is C31H37N5O5. The van der Waals surface area contributed by atoms with Crippen molar-refractivity contribution < 1.29 is 23.5 Å². The van der Waals surface area contributed by atoms with Crippen molar-refractivity contribution in [2.75, 3.05) is 37.5 Å². The van der Waals surface area contributed by atoms with E-state index >= 15 is 0 Å². The van der Waals surface area contributed by atoms with Crippen LogP contribution in [0.3, 0.4) is 0 Å². The number of ketones is 1. The van der Waals surface area contributed by atoms with Gasteiger partial charge in [-0.1, -0.05) is 43.5 Å². The Kier molecular flexibility index (Phi) is 8.86. The van der Waals surface area contributed by atoms with E-state index in [0.29, 0.717) is 42.7 Å². The molecule has 1 atom stereocenters. The molecule has 2 aromatic carbocycles. The minimum absolute atomic E-state index is 0.00684. The maximum Gasteiger partial charge on any atom is 0.328 e. The Bertz CT molecular complexity index is 1440. The first-order valence-electron chi connectivity index (χ1n) is 14.1. The van der Waals surface area contributed by atoms with E-state index in [1.165, 1.54) is 13.5 Å². The van der Waals surface area contributed by atoms with Gasteiger partial charge in [-0.2, -0.15) is 10.1 Å². The molecule has 2 heterocycles. The van der Waals surface area contributed by atoms with E-state index < -0.39 is 12.0 Å². The van der Waals surface area contributed by atoms with Gasteiger partial charge in [0.1, 0.15) is 29.7 Å². The second kappa shape index (κ2) is 12.9. The molecule has 1 saturated carbocycles.